The number of nitrogens with one attached hydrogen (secondary N) is 1. The number of hydrogen-bond donors (Lipinski definition) is 2. The van der Waals surface area contributed by atoms with E-state index in [1.807, 2.05) is 25.1 Å². The van der Waals surface area contributed by atoms with Crippen molar-refractivity contribution in [3.05, 3.63) is 36.5 Å². The van der Waals surface area contributed by atoms with Gasteiger partial charge in [0.15, 0.2) is 0 Å². The normalized spacial score (nSPS) is 15.3. The summed E-state index contributed by atoms with van der Waals surface area (Å²) >= 11 is 0. The first-order valence-corrected chi connectivity index (χ1v) is 8.10. The maximum absolute atomic E-state index is 12.2. The Balaban J connectivity index is 1.84. The van der Waals surface area contributed by atoms with Crippen LogP contribution in [0.2, 0.25) is 0 Å². The number of aliphatic hydroxyl groups is 1. The van der Waals surface area contributed by atoms with E-state index in [4.69, 9.17) is 5.11 Å². The average Bonchev–Trinajstić information content (AvgIpc) is 2.55. The van der Waals surface area contributed by atoms with Crippen LogP contribution in [0.4, 0.5) is 10.6 Å². The summed E-state index contributed by atoms with van der Waals surface area (Å²) in [5.74, 6) is 1.00. The van der Waals surface area contributed by atoms with Crippen molar-refractivity contribution in [3.63, 3.8) is 0 Å². The van der Waals surface area contributed by atoms with Crippen LogP contribution >= 0.6 is 0 Å². The van der Waals surface area contributed by atoms with E-state index >= 15 is 0 Å². The molecule has 2 N–H and O–H groups in total. The van der Waals surface area contributed by atoms with Crippen LogP contribution in [0.3, 0.4) is 0 Å². The molecule has 2 amide bonds. The summed E-state index contributed by atoms with van der Waals surface area (Å²) in [6, 6.07) is 6.07. The molecule has 1 aromatic rings. The fourth-order valence-corrected chi connectivity index (χ4v) is 2.78. The van der Waals surface area contributed by atoms with Crippen molar-refractivity contribution in [2.24, 2.45) is 0 Å². The molecule has 0 saturated carbocycles. The van der Waals surface area contributed by atoms with Gasteiger partial charge in [0.1, 0.15) is 5.82 Å². The van der Waals surface area contributed by atoms with Crippen molar-refractivity contribution in [1.29, 1.82) is 0 Å². The van der Waals surface area contributed by atoms with Crippen molar-refractivity contribution in [2.75, 3.05) is 37.7 Å². The fourth-order valence-electron chi connectivity index (χ4n) is 2.78. The average molecular weight is 318 g/mol. The number of aliphatic hydroxyl groups excluding tert-OH is 1. The largest absolute Gasteiger partial charge is 0.395 e. The molecular weight excluding hydrogens is 292 g/mol. The van der Waals surface area contributed by atoms with E-state index in [0.717, 1.165) is 37.4 Å². The Hall–Kier alpha value is -2.08. The lowest BCUT2D eigenvalue weighted by Gasteiger charge is -2.34. The van der Waals surface area contributed by atoms with Crippen LogP contribution in [0.5, 0.6) is 0 Å². The van der Waals surface area contributed by atoms with Crippen LogP contribution in [0.15, 0.2) is 30.9 Å². The number of hydrogen-bond acceptors (Lipinski definition) is 4. The molecule has 23 heavy (non-hydrogen) atoms. The minimum Gasteiger partial charge on any atom is -0.395 e. The van der Waals surface area contributed by atoms with E-state index in [-0.39, 0.29) is 18.7 Å². The third-order valence-electron chi connectivity index (χ3n) is 4.03. The molecule has 2 rings (SSSR count). The molecule has 6 heteroatoms. The summed E-state index contributed by atoms with van der Waals surface area (Å²) in [6.07, 6.45) is 3.45. The van der Waals surface area contributed by atoms with Crippen molar-refractivity contribution in [1.82, 2.24) is 15.2 Å². The van der Waals surface area contributed by atoms with Crippen LogP contribution in [-0.2, 0) is 0 Å². The molecule has 1 aromatic heterocycles. The van der Waals surface area contributed by atoms with E-state index < -0.39 is 0 Å². The van der Waals surface area contributed by atoms with Crippen molar-refractivity contribution in [2.45, 2.75) is 25.8 Å². The van der Waals surface area contributed by atoms with Gasteiger partial charge in [-0.05, 0) is 31.9 Å². The Morgan fingerprint density at radius 1 is 1.52 bits per heavy atom. The Morgan fingerprint density at radius 2 is 2.26 bits per heavy atom. The summed E-state index contributed by atoms with van der Waals surface area (Å²) in [6.45, 7) is 8.12. The zero-order valence-electron chi connectivity index (χ0n) is 13.7. The van der Waals surface area contributed by atoms with Gasteiger partial charge in [-0.15, -0.1) is 6.58 Å². The second-order valence-corrected chi connectivity index (χ2v) is 5.81. The van der Waals surface area contributed by atoms with Gasteiger partial charge in [0.05, 0.1) is 6.61 Å². The molecular formula is C17H26N4O2. The number of anilines is 1. The Bertz CT molecular complexity index is 527. The van der Waals surface area contributed by atoms with Crippen LogP contribution in [-0.4, -0.2) is 59.8 Å². The van der Waals surface area contributed by atoms with E-state index in [0.29, 0.717) is 13.1 Å². The molecule has 126 valence electrons. The zero-order valence-corrected chi connectivity index (χ0v) is 13.7. The van der Waals surface area contributed by atoms with Crippen molar-refractivity contribution in [3.8, 4) is 0 Å². The number of carbonyl (C=O) groups excluding carboxylic acids is 1. The highest BCUT2D eigenvalue weighted by molar-refractivity contribution is 5.74. The quantitative estimate of drug-likeness (QED) is 0.781. The molecule has 0 bridgehead atoms. The second kappa shape index (κ2) is 8.53. The van der Waals surface area contributed by atoms with Crippen LogP contribution in [0.25, 0.3) is 0 Å². The van der Waals surface area contributed by atoms with E-state index in [2.05, 4.69) is 21.8 Å². The number of rotatable bonds is 6. The van der Waals surface area contributed by atoms with E-state index in [1.165, 1.54) is 0 Å². The summed E-state index contributed by atoms with van der Waals surface area (Å²) in [7, 11) is 0. The Labute approximate surface area is 137 Å². The second-order valence-electron chi connectivity index (χ2n) is 5.81. The number of aryl methyl sites for hydroxylation is 1. The number of amides is 2. The first kappa shape index (κ1) is 17.3. The lowest BCUT2D eigenvalue weighted by atomic mass is 10.1. The molecule has 0 radical (unpaired) electrons. The van der Waals surface area contributed by atoms with Gasteiger partial charge in [0.25, 0.3) is 0 Å². The standard InChI is InChI=1S/C17H26N4O2/c1-3-9-21(12-13-22)17(23)19-15-7-10-20(11-8-15)16-6-4-5-14(2)18-16/h3-6,15,22H,1,7-13H2,2H3,(H,19,23). The summed E-state index contributed by atoms with van der Waals surface area (Å²) in [4.78, 5) is 20.6. The third kappa shape index (κ3) is 4.96. The van der Waals surface area contributed by atoms with Crippen molar-refractivity contribution < 1.29 is 9.90 Å². The number of pyridine rings is 1. The first-order valence-electron chi connectivity index (χ1n) is 8.10. The maximum Gasteiger partial charge on any atom is 0.317 e. The molecule has 1 fully saturated rings. The van der Waals surface area contributed by atoms with Gasteiger partial charge in [-0.3, -0.25) is 0 Å². The molecule has 1 aliphatic heterocycles. The zero-order chi connectivity index (χ0) is 16.7. The SMILES string of the molecule is C=CCN(CCO)C(=O)NC1CCN(c2cccc(C)n2)CC1. The monoisotopic (exact) mass is 318 g/mol. The minimum atomic E-state index is -0.133. The Kier molecular flexibility index (Phi) is 6.40. The highest BCUT2D eigenvalue weighted by atomic mass is 16.3. The summed E-state index contributed by atoms with van der Waals surface area (Å²) in [5, 5.41) is 12.1. The van der Waals surface area contributed by atoms with Crippen LogP contribution in [0, 0.1) is 6.92 Å². The summed E-state index contributed by atoms with van der Waals surface area (Å²) < 4.78 is 0. The van der Waals surface area contributed by atoms with E-state index in [1.54, 1.807) is 11.0 Å². The molecule has 0 aliphatic carbocycles. The number of aromatic nitrogens is 1. The molecule has 6 nitrogen and oxygen atoms in total. The molecule has 1 saturated heterocycles. The highest BCUT2D eigenvalue weighted by Gasteiger charge is 2.23. The molecule has 0 unspecified atom stereocenters. The van der Waals surface area contributed by atoms with E-state index in [9.17, 15) is 4.79 Å². The lowest BCUT2D eigenvalue weighted by molar-refractivity contribution is 0.178. The predicted octanol–water partition coefficient (Wildman–Crippen LogP) is 1.55. The first-order chi connectivity index (χ1) is 11.1. The smallest absolute Gasteiger partial charge is 0.317 e. The number of nitrogens with zero attached hydrogens (tertiary/aromatic N) is 3. The molecule has 1 aliphatic rings. The van der Waals surface area contributed by atoms with Gasteiger partial charge in [-0.2, -0.15) is 0 Å². The van der Waals surface area contributed by atoms with Gasteiger partial charge in [-0.1, -0.05) is 12.1 Å². The molecule has 0 spiro atoms. The van der Waals surface area contributed by atoms with Gasteiger partial charge in [0, 0.05) is 37.9 Å². The topological polar surface area (TPSA) is 68.7 Å². The van der Waals surface area contributed by atoms with Crippen LogP contribution in [0.1, 0.15) is 18.5 Å². The van der Waals surface area contributed by atoms with Crippen molar-refractivity contribution >= 4 is 11.8 Å². The van der Waals surface area contributed by atoms with Gasteiger partial charge < -0.3 is 20.2 Å². The predicted molar refractivity (Wildman–Crippen MR) is 91.6 cm³/mol. The fraction of sp³-hybridized carbons (Fsp3) is 0.529. The lowest BCUT2D eigenvalue weighted by Crippen LogP contribution is -2.50. The minimum absolute atomic E-state index is 0.0429. The highest BCUT2D eigenvalue weighted by Crippen LogP contribution is 2.18. The van der Waals surface area contributed by atoms with Crippen LogP contribution < -0.4 is 10.2 Å². The maximum atomic E-state index is 12.2. The molecule has 0 atom stereocenters. The molecule has 0 aromatic carbocycles. The molecule has 2 heterocycles. The number of carbonyl (C=O) groups is 1. The number of piperidine rings is 1. The third-order valence-corrected chi connectivity index (χ3v) is 4.03. The Morgan fingerprint density at radius 3 is 2.87 bits per heavy atom. The van der Waals surface area contributed by atoms with Gasteiger partial charge >= 0.3 is 6.03 Å². The summed E-state index contributed by atoms with van der Waals surface area (Å²) in [5.41, 5.74) is 1.02. The van der Waals surface area contributed by atoms with Gasteiger partial charge in [-0.25, -0.2) is 9.78 Å². The number of urea groups is 1. The van der Waals surface area contributed by atoms with Gasteiger partial charge in [0.2, 0.25) is 0 Å².